The van der Waals surface area contributed by atoms with E-state index >= 15 is 0 Å². The van der Waals surface area contributed by atoms with Gasteiger partial charge in [0, 0.05) is 16.9 Å². The van der Waals surface area contributed by atoms with Gasteiger partial charge in [0.05, 0.1) is 5.02 Å². The van der Waals surface area contributed by atoms with E-state index in [2.05, 4.69) is 5.32 Å². The Labute approximate surface area is 121 Å². The van der Waals surface area contributed by atoms with E-state index in [4.69, 9.17) is 29.6 Å². The molecule has 0 aliphatic rings. The van der Waals surface area contributed by atoms with E-state index in [9.17, 15) is 4.39 Å². The zero-order chi connectivity index (χ0) is 14.0. The third-order valence-corrected chi connectivity index (χ3v) is 3.21. The van der Waals surface area contributed by atoms with Crippen LogP contribution in [0.5, 0.6) is 0 Å². The Morgan fingerprint density at radius 1 is 1.21 bits per heavy atom. The molecule has 2 nitrogen and oxygen atoms in total. The van der Waals surface area contributed by atoms with E-state index < -0.39 is 5.82 Å². The lowest BCUT2D eigenvalue weighted by atomic mass is 10.1. The van der Waals surface area contributed by atoms with Gasteiger partial charge in [0.25, 0.3) is 0 Å². The van der Waals surface area contributed by atoms with Gasteiger partial charge in [0.15, 0.2) is 0 Å². The third kappa shape index (κ3) is 3.22. The van der Waals surface area contributed by atoms with E-state index in [1.807, 2.05) is 25.1 Å². The molecule has 0 heterocycles. The average Bonchev–Trinajstić information content (AvgIpc) is 2.33. The summed E-state index contributed by atoms with van der Waals surface area (Å²) in [6, 6.07) is 10.1. The molecular weight excluding hydrogens is 283 g/mol. The van der Waals surface area contributed by atoms with Crippen molar-refractivity contribution in [3.8, 4) is 0 Å². The lowest BCUT2D eigenvalue weighted by Crippen LogP contribution is -2.11. The molecule has 2 aromatic carbocycles. The molecular formula is C14H12ClFN2S. The topological polar surface area (TPSA) is 38.0 Å². The van der Waals surface area contributed by atoms with Gasteiger partial charge in [-0.1, -0.05) is 23.8 Å². The summed E-state index contributed by atoms with van der Waals surface area (Å²) in [5, 5.41) is 3.23. The van der Waals surface area contributed by atoms with Gasteiger partial charge in [-0.2, -0.15) is 0 Å². The van der Waals surface area contributed by atoms with Gasteiger partial charge >= 0.3 is 0 Å². The first-order valence-electron chi connectivity index (χ1n) is 5.60. The molecule has 0 aromatic heterocycles. The summed E-state index contributed by atoms with van der Waals surface area (Å²) in [4.78, 5) is 0.369. The van der Waals surface area contributed by atoms with Crippen LogP contribution >= 0.6 is 23.8 Å². The van der Waals surface area contributed by atoms with E-state index in [1.54, 1.807) is 6.07 Å². The Bertz CT molecular complexity index is 643. The summed E-state index contributed by atoms with van der Waals surface area (Å²) in [6.45, 7) is 1.93. The van der Waals surface area contributed by atoms with E-state index in [0.29, 0.717) is 10.7 Å². The highest BCUT2D eigenvalue weighted by atomic mass is 35.5. The van der Waals surface area contributed by atoms with Crippen LogP contribution in [0.15, 0.2) is 36.4 Å². The Kier molecular flexibility index (Phi) is 4.02. The fourth-order valence-electron chi connectivity index (χ4n) is 1.76. The number of thiocarbonyl (C=S) groups is 1. The number of halogens is 2. The first-order valence-corrected chi connectivity index (χ1v) is 6.38. The maximum atomic E-state index is 13.1. The predicted octanol–water partition coefficient (Wildman–Crippen LogP) is 4.17. The second kappa shape index (κ2) is 5.55. The molecule has 5 heteroatoms. The highest BCUT2D eigenvalue weighted by Crippen LogP contribution is 2.24. The molecule has 0 bridgehead atoms. The number of nitrogens with one attached hydrogen (secondary N) is 1. The van der Waals surface area contributed by atoms with Gasteiger partial charge in [0.2, 0.25) is 0 Å². The first-order chi connectivity index (χ1) is 8.97. The molecule has 98 valence electrons. The Balaban J connectivity index is 2.26. The van der Waals surface area contributed by atoms with Crippen molar-refractivity contribution in [2.45, 2.75) is 6.92 Å². The summed E-state index contributed by atoms with van der Waals surface area (Å²) in [5.41, 5.74) is 9.01. The largest absolute Gasteiger partial charge is 0.389 e. The minimum absolute atomic E-state index is 0.0847. The first kappa shape index (κ1) is 13.8. The Morgan fingerprint density at radius 2 is 1.84 bits per heavy atom. The highest BCUT2D eigenvalue weighted by molar-refractivity contribution is 7.80. The van der Waals surface area contributed by atoms with E-state index in [1.165, 1.54) is 12.1 Å². The second-order valence-corrected chi connectivity index (χ2v) is 4.99. The van der Waals surface area contributed by atoms with Crippen LogP contribution in [-0.2, 0) is 0 Å². The molecule has 3 N–H and O–H groups in total. The van der Waals surface area contributed by atoms with Crippen LogP contribution in [0.25, 0.3) is 0 Å². The number of hydrogen-bond acceptors (Lipinski definition) is 2. The number of nitrogens with two attached hydrogens (primary N) is 1. The molecule has 0 spiro atoms. The molecule has 2 rings (SSSR count). The van der Waals surface area contributed by atoms with Crippen LogP contribution in [0.4, 0.5) is 15.8 Å². The number of anilines is 2. The molecule has 0 saturated carbocycles. The molecule has 0 saturated heterocycles. The normalized spacial score (nSPS) is 10.3. The molecule has 2 aromatic rings. The number of hydrogen-bond donors (Lipinski definition) is 2. The predicted molar refractivity (Wildman–Crippen MR) is 81.8 cm³/mol. The summed E-state index contributed by atoms with van der Waals surface area (Å²) in [6.07, 6.45) is 0. The van der Waals surface area contributed by atoms with Crippen LogP contribution in [-0.4, -0.2) is 4.99 Å². The lowest BCUT2D eigenvalue weighted by molar-refractivity contribution is 0.628. The monoisotopic (exact) mass is 294 g/mol. The zero-order valence-corrected chi connectivity index (χ0v) is 11.8. The summed E-state index contributed by atoms with van der Waals surface area (Å²) >= 11 is 10.7. The maximum absolute atomic E-state index is 13.1. The van der Waals surface area contributed by atoms with Gasteiger partial charge in [-0.05, 0) is 48.9 Å². The number of aryl methyl sites for hydroxylation is 1. The van der Waals surface area contributed by atoms with Crippen LogP contribution in [0.3, 0.4) is 0 Å². The summed E-state index contributed by atoms with van der Waals surface area (Å²) in [7, 11) is 0. The molecule has 0 fully saturated rings. The lowest BCUT2D eigenvalue weighted by Gasteiger charge is -2.10. The highest BCUT2D eigenvalue weighted by Gasteiger charge is 2.04. The molecule has 0 aliphatic heterocycles. The number of benzene rings is 2. The van der Waals surface area contributed by atoms with Gasteiger partial charge in [0.1, 0.15) is 10.8 Å². The van der Waals surface area contributed by atoms with Crippen molar-refractivity contribution < 1.29 is 4.39 Å². The minimum atomic E-state index is -0.438. The third-order valence-electron chi connectivity index (χ3n) is 2.70. The fourth-order valence-corrected chi connectivity index (χ4v) is 2.17. The Morgan fingerprint density at radius 3 is 2.42 bits per heavy atom. The van der Waals surface area contributed by atoms with Crippen molar-refractivity contribution in [3.05, 3.63) is 58.4 Å². The van der Waals surface area contributed by atoms with Crippen molar-refractivity contribution in [1.29, 1.82) is 0 Å². The summed E-state index contributed by atoms with van der Waals surface area (Å²) < 4.78 is 13.1. The molecule has 0 radical (unpaired) electrons. The quantitative estimate of drug-likeness (QED) is 0.835. The van der Waals surface area contributed by atoms with Crippen LogP contribution in [0.1, 0.15) is 11.1 Å². The molecule has 0 unspecified atom stereocenters. The van der Waals surface area contributed by atoms with Gasteiger partial charge < -0.3 is 11.1 Å². The molecule has 19 heavy (non-hydrogen) atoms. The maximum Gasteiger partial charge on any atom is 0.141 e. The Hall–Kier alpha value is -1.65. The smallest absolute Gasteiger partial charge is 0.141 e. The van der Waals surface area contributed by atoms with Crippen LogP contribution in [0.2, 0.25) is 5.02 Å². The molecule has 0 aliphatic carbocycles. The minimum Gasteiger partial charge on any atom is -0.389 e. The van der Waals surface area contributed by atoms with E-state index in [0.717, 1.165) is 16.8 Å². The average molecular weight is 295 g/mol. The molecule has 0 atom stereocenters. The van der Waals surface area contributed by atoms with Gasteiger partial charge in [-0.25, -0.2) is 4.39 Å². The zero-order valence-electron chi connectivity index (χ0n) is 10.2. The van der Waals surface area contributed by atoms with Crippen molar-refractivity contribution >= 4 is 40.2 Å². The van der Waals surface area contributed by atoms with Crippen LogP contribution in [0, 0.1) is 12.7 Å². The number of rotatable bonds is 3. The van der Waals surface area contributed by atoms with Crippen molar-refractivity contribution in [2.24, 2.45) is 5.73 Å². The van der Waals surface area contributed by atoms with Gasteiger partial charge in [-0.15, -0.1) is 0 Å². The fraction of sp³-hybridized carbons (Fsp3) is 0.0714. The molecule has 0 amide bonds. The van der Waals surface area contributed by atoms with Crippen molar-refractivity contribution in [2.75, 3.05) is 5.32 Å². The standard InChI is InChI=1S/C14H12ClFN2S/c1-8-6-9(2-4-11(8)14(17)19)18-10-3-5-13(16)12(15)7-10/h2-7,18H,1H3,(H2,17,19). The van der Waals surface area contributed by atoms with Crippen molar-refractivity contribution in [1.82, 2.24) is 0 Å². The SMILES string of the molecule is Cc1cc(Nc2ccc(F)c(Cl)c2)ccc1C(N)=S. The van der Waals surface area contributed by atoms with Crippen LogP contribution < -0.4 is 11.1 Å². The van der Waals surface area contributed by atoms with Crippen molar-refractivity contribution in [3.63, 3.8) is 0 Å². The van der Waals surface area contributed by atoms with E-state index in [-0.39, 0.29) is 5.02 Å². The van der Waals surface area contributed by atoms with Gasteiger partial charge in [-0.3, -0.25) is 0 Å². The summed E-state index contributed by atoms with van der Waals surface area (Å²) in [5.74, 6) is -0.438. The second-order valence-electron chi connectivity index (χ2n) is 4.15.